The molecule has 1 aliphatic heterocycles. The second kappa shape index (κ2) is 6.47. The molecule has 126 valence electrons. The molecule has 1 unspecified atom stereocenters. The molecule has 2 heterocycles. The van der Waals surface area contributed by atoms with Crippen molar-refractivity contribution in [3.63, 3.8) is 0 Å². The van der Waals surface area contributed by atoms with Crippen molar-refractivity contribution in [2.45, 2.75) is 25.6 Å². The van der Waals surface area contributed by atoms with Gasteiger partial charge in [0, 0.05) is 12.1 Å². The molecule has 0 bridgehead atoms. The molecule has 0 spiro atoms. The van der Waals surface area contributed by atoms with Gasteiger partial charge in [-0.25, -0.2) is 9.37 Å². The van der Waals surface area contributed by atoms with Gasteiger partial charge < -0.3 is 4.90 Å². The molecular weight excluding hydrogens is 319 g/mol. The smallest absolute Gasteiger partial charge is 0.254 e. The Morgan fingerprint density at radius 2 is 1.88 bits per heavy atom. The molecule has 5 nitrogen and oxygen atoms in total. The van der Waals surface area contributed by atoms with Gasteiger partial charge in [-0.3, -0.25) is 9.48 Å². The zero-order valence-corrected chi connectivity index (χ0v) is 13.5. The quantitative estimate of drug-likeness (QED) is 0.739. The molecule has 0 fully saturated rings. The Labute approximate surface area is 144 Å². The van der Waals surface area contributed by atoms with Crippen LogP contribution in [0.3, 0.4) is 0 Å². The molecule has 2 aromatic carbocycles. The molecule has 0 aliphatic carbocycles. The minimum absolute atomic E-state index is 0.0332. The first-order valence-electron chi connectivity index (χ1n) is 8.16. The van der Waals surface area contributed by atoms with Gasteiger partial charge in [-0.05, 0) is 41.8 Å². The normalized spacial score (nSPS) is 16.5. The van der Waals surface area contributed by atoms with E-state index in [1.54, 1.807) is 11.0 Å². The molecule has 0 saturated carbocycles. The molecule has 0 N–H and O–H groups in total. The number of carbonyl (C=O) groups excluding carboxylic acids is 1. The summed E-state index contributed by atoms with van der Waals surface area (Å²) < 4.78 is 14.9. The molecule has 1 aromatic heterocycles. The molecule has 1 amide bonds. The third-order valence-electron chi connectivity index (χ3n) is 4.57. The fourth-order valence-corrected chi connectivity index (χ4v) is 3.29. The van der Waals surface area contributed by atoms with Crippen LogP contribution in [0, 0.1) is 5.82 Å². The summed E-state index contributed by atoms with van der Waals surface area (Å²) in [4.78, 5) is 18.8. The van der Waals surface area contributed by atoms with E-state index in [9.17, 15) is 9.18 Å². The summed E-state index contributed by atoms with van der Waals surface area (Å²) >= 11 is 0. The van der Waals surface area contributed by atoms with E-state index in [0.717, 1.165) is 12.0 Å². The van der Waals surface area contributed by atoms with E-state index in [1.807, 2.05) is 23.1 Å². The minimum atomic E-state index is -0.347. The van der Waals surface area contributed by atoms with Crippen LogP contribution in [0.2, 0.25) is 0 Å². The van der Waals surface area contributed by atoms with Gasteiger partial charge in [0.1, 0.15) is 18.5 Å². The Hall–Kier alpha value is -3.02. The maximum Gasteiger partial charge on any atom is 0.254 e. The molecule has 0 saturated heterocycles. The van der Waals surface area contributed by atoms with Gasteiger partial charge in [0.2, 0.25) is 0 Å². The van der Waals surface area contributed by atoms with Crippen LogP contribution >= 0.6 is 0 Å². The van der Waals surface area contributed by atoms with Crippen molar-refractivity contribution in [1.29, 1.82) is 0 Å². The summed E-state index contributed by atoms with van der Waals surface area (Å²) in [5.41, 5.74) is 2.88. The molecule has 1 aliphatic rings. The number of aromatic nitrogens is 3. The first-order valence-corrected chi connectivity index (χ1v) is 8.16. The van der Waals surface area contributed by atoms with Gasteiger partial charge in [0.15, 0.2) is 0 Å². The highest BCUT2D eigenvalue weighted by atomic mass is 19.1. The van der Waals surface area contributed by atoms with Crippen LogP contribution in [0.15, 0.2) is 61.2 Å². The predicted octanol–water partition coefficient (Wildman–Crippen LogP) is 2.68. The number of halogens is 1. The van der Waals surface area contributed by atoms with Crippen molar-refractivity contribution < 1.29 is 9.18 Å². The maximum atomic E-state index is 13.2. The molecule has 25 heavy (non-hydrogen) atoms. The number of rotatable bonds is 3. The molecule has 6 heteroatoms. The highest BCUT2D eigenvalue weighted by Gasteiger charge is 2.30. The maximum absolute atomic E-state index is 13.2. The lowest BCUT2D eigenvalue weighted by molar-refractivity contribution is 0.0614. The second-order valence-corrected chi connectivity index (χ2v) is 6.18. The third-order valence-corrected chi connectivity index (χ3v) is 4.57. The van der Waals surface area contributed by atoms with E-state index in [1.165, 1.54) is 36.2 Å². The van der Waals surface area contributed by atoms with Crippen LogP contribution in [0.4, 0.5) is 4.39 Å². The lowest BCUT2D eigenvalue weighted by Crippen LogP contribution is -2.46. The van der Waals surface area contributed by atoms with E-state index in [0.29, 0.717) is 18.7 Å². The molecule has 1 atom stereocenters. The SMILES string of the molecule is O=C(c1ccc(F)cc1)N1Cc2ccccc2CC1Cn1cncn1. The van der Waals surface area contributed by atoms with Crippen molar-refractivity contribution in [2.24, 2.45) is 0 Å². The number of amides is 1. The second-order valence-electron chi connectivity index (χ2n) is 6.18. The number of hydrogen-bond acceptors (Lipinski definition) is 3. The first kappa shape index (κ1) is 15.5. The van der Waals surface area contributed by atoms with Crippen LogP contribution < -0.4 is 0 Å². The van der Waals surface area contributed by atoms with Crippen molar-refractivity contribution in [3.05, 3.63) is 83.7 Å². The Morgan fingerprint density at radius 1 is 1.12 bits per heavy atom. The zero-order chi connectivity index (χ0) is 17.2. The van der Waals surface area contributed by atoms with Crippen molar-refractivity contribution in [2.75, 3.05) is 0 Å². The number of benzene rings is 2. The Bertz CT molecular complexity index is 877. The summed E-state index contributed by atoms with van der Waals surface area (Å²) in [6, 6.07) is 13.8. The summed E-state index contributed by atoms with van der Waals surface area (Å²) in [7, 11) is 0. The van der Waals surface area contributed by atoms with Gasteiger partial charge in [0.05, 0.1) is 12.6 Å². The third kappa shape index (κ3) is 3.15. The van der Waals surface area contributed by atoms with Gasteiger partial charge in [0.25, 0.3) is 5.91 Å². The van der Waals surface area contributed by atoms with E-state index < -0.39 is 0 Å². The molecule has 0 radical (unpaired) electrons. The van der Waals surface area contributed by atoms with Crippen LogP contribution in [0.25, 0.3) is 0 Å². The zero-order valence-electron chi connectivity index (χ0n) is 13.5. The minimum Gasteiger partial charge on any atom is -0.329 e. The topological polar surface area (TPSA) is 51.0 Å². The van der Waals surface area contributed by atoms with Gasteiger partial charge in [-0.2, -0.15) is 5.10 Å². The van der Waals surface area contributed by atoms with Crippen LogP contribution in [-0.4, -0.2) is 31.6 Å². The fourth-order valence-electron chi connectivity index (χ4n) is 3.29. The standard InChI is InChI=1S/C19H17FN4O/c20-17-7-5-14(6-8-17)19(25)24-10-16-4-2-1-3-15(16)9-18(24)11-23-13-21-12-22-23/h1-8,12-13,18H,9-11H2. The number of hydrogen-bond donors (Lipinski definition) is 0. The Kier molecular flexibility index (Phi) is 4.01. The summed E-state index contributed by atoms with van der Waals surface area (Å²) in [5, 5.41) is 4.16. The van der Waals surface area contributed by atoms with E-state index in [4.69, 9.17) is 0 Å². The number of carbonyl (C=O) groups is 1. The Balaban J connectivity index is 1.66. The van der Waals surface area contributed by atoms with Gasteiger partial charge >= 0.3 is 0 Å². The highest BCUT2D eigenvalue weighted by molar-refractivity contribution is 5.94. The molecule has 4 rings (SSSR count). The summed E-state index contributed by atoms with van der Waals surface area (Å²) in [6.07, 6.45) is 3.90. The fraction of sp³-hybridized carbons (Fsp3) is 0.211. The highest BCUT2D eigenvalue weighted by Crippen LogP contribution is 2.26. The average Bonchev–Trinajstić information content (AvgIpc) is 3.14. The largest absolute Gasteiger partial charge is 0.329 e. The average molecular weight is 336 g/mol. The molecule has 3 aromatic rings. The van der Waals surface area contributed by atoms with Crippen LogP contribution in [0.5, 0.6) is 0 Å². The summed E-state index contributed by atoms with van der Waals surface area (Å²) in [5.74, 6) is -0.445. The number of fused-ring (bicyclic) bond motifs is 1. The van der Waals surface area contributed by atoms with Gasteiger partial charge in [-0.1, -0.05) is 24.3 Å². The monoisotopic (exact) mass is 336 g/mol. The van der Waals surface area contributed by atoms with Crippen LogP contribution in [0.1, 0.15) is 21.5 Å². The van der Waals surface area contributed by atoms with Gasteiger partial charge in [-0.15, -0.1) is 0 Å². The van der Waals surface area contributed by atoms with E-state index in [-0.39, 0.29) is 17.8 Å². The van der Waals surface area contributed by atoms with E-state index >= 15 is 0 Å². The molecular formula is C19H17FN4O. The van der Waals surface area contributed by atoms with Crippen molar-refractivity contribution in [1.82, 2.24) is 19.7 Å². The van der Waals surface area contributed by atoms with E-state index in [2.05, 4.69) is 16.1 Å². The first-order chi connectivity index (χ1) is 12.2. The van der Waals surface area contributed by atoms with Crippen LogP contribution in [-0.2, 0) is 19.5 Å². The van der Waals surface area contributed by atoms with Crippen molar-refractivity contribution in [3.8, 4) is 0 Å². The van der Waals surface area contributed by atoms with Crippen molar-refractivity contribution >= 4 is 5.91 Å². The lowest BCUT2D eigenvalue weighted by atomic mass is 9.93. The predicted molar refractivity (Wildman–Crippen MR) is 90.2 cm³/mol. The number of nitrogens with zero attached hydrogens (tertiary/aromatic N) is 4. The Morgan fingerprint density at radius 3 is 2.60 bits per heavy atom. The summed E-state index contributed by atoms with van der Waals surface area (Å²) in [6.45, 7) is 1.10. The lowest BCUT2D eigenvalue weighted by Gasteiger charge is -2.37.